The van der Waals surface area contributed by atoms with Gasteiger partial charge < -0.3 is 14.8 Å². The second kappa shape index (κ2) is 9.54. The zero-order chi connectivity index (χ0) is 21.7. The number of hydrogen-bond donors (Lipinski definition) is 1. The summed E-state index contributed by atoms with van der Waals surface area (Å²) >= 11 is 0. The number of amides is 2. The molecule has 1 heterocycles. The summed E-state index contributed by atoms with van der Waals surface area (Å²) in [6.45, 7) is 6.54. The first-order chi connectivity index (χ1) is 14.4. The molecule has 2 aromatic carbocycles. The van der Waals surface area contributed by atoms with Crippen LogP contribution in [0, 0.1) is 5.82 Å². The minimum absolute atomic E-state index is 0.0127. The Labute approximate surface area is 175 Å². The number of carbonyl (C=O) groups excluding carboxylic acids is 2. The molecule has 0 unspecified atom stereocenters. The molecule has 1 aliphatic heterocycles. The predicted molar refractivity (Wildman–Crippen MR) is 112 cm³/mol. The van der Waals surface area contributed by atoms with Crippen LogP contribution in [0.25, 0.3) is 5.57 Å². The zero-order valence-electron chi connectivity index (χ0n) is 17.3. The average Bonchev–Trinajstić information content (AvgIpc) is 2.93. The molecule has 2 aromatic rings. The zero-order valence-corrected chi connectivity index (χ0v) is 17.3. The van der Waals surface area contributed by atoms with Crippen LogP contribution in [0.3, 0.4) is 0 Å². The Balaban J connectivity index is 1.95. The molecule has 6 nitrogen and oxygen atoms in total. The minimum Gasteiger partial charge on any atom is -0.494 e. The molecule has 0 atom stereocenters. The molecule has 1 aliphatic rings. The number of anilines is 1. The van der Waals surface area contributed by atoms with Gasteiger partial charge in [-0.3, -0.25) is 14.5 Å². The van der Waals surface area contributed by atoms with Gasteiger partial charge in [-0.25, -0.2) is 4.39 Å². The van der Waals surface area contributed by atoms with Gasteiger partial charge in [0.15, 0.2) is 0 Å². The van der Waals surface area contributed by atoms with Crippen molar-refractivity contribution in [1.29, 1.82) is 0 Å². The van der Waals surface area contributed by atoms with Crippen molar-refractivity contribution in [3.63, 3.8) is 0 Å². The van der Waals surface area contributed by atoms with Gasteiger partial charge in [0.2, 0.25) is 0 Å². The van der Waals surface area contributed by atoms with Crippen molar-refractivity contribution in [3.8, 4) is 5.75 Å². The highest BCUT2D eigenvalue weighted by atomic mass is 19.1. The van der Waals surface area contributed by atoms with Gasteiger partial charge in [-0.05, 0) is 56.7 Å². The highest BCUT2D eigenvalue weighted by Crippen LogP contribution is 2.31. The Bertz CT molecular complexity index is 954. The van der Waals surface area contributed by atoms with Crippen LogP contribution in [0.2, 0.25) is 0 Å². The van der Waals surface area contributed by atoms with Crippen LogP contribution in [0.5, 0.6) is 5.75 Å². The molecule has 0 bridgehead atoms. The summed E-state index contributed by atoms with van der Waals surface area (Å²) in [5.41, 5.74) is 1.30. The topological polar surface area (TPSA) is 67.9 Å². The lowest BCUT2D eigenvalue weighted by molar-refractivity contribution is -0.137. The van der Waals surface area contributed by atoms with Gasteiger partial charge in [-0.1, -0.05) is 18.2 Å². The monoisotopic (exact) mass is 412 g/mol. The van der Waals surface area contributed by atoms with Crippen LogP contribution in [0.15, 0.2) is 54.2 Å². The maximum absolute atomic E-state index is 13.6. The number of nitrogens with one attached hydrogen (secondary N) is 1. The smallest absolute Gasteiger partial charge is 0.278 e. The molecule has 0 radical (unpaired) electrons. The van der Waals surface area contributed by atoms with Crippen molar-refractivity contribution in [1.82, 2.24) is 4.90 Å². The molecule has 1 N–H and O–H groups in total. The summed E-state index contributed by atoms with van der Waals surface area (Å²) in [6, 6.07) is 12.7. The van der Waals surface area contributed by atoms with E-state index < -0.39 is 17.6 Å². The van der Waals surface area contributed by atoms with Gasteiger partial charge in [0, 0.05) is 5.69 Å². The Kier molecular flexibility index (Phi) is 6.84. The summed E-state index contributed by atoms with van der Waals surface area (Å²) < 4.78 is 24.6. The summed E-state index contributed by atoms with van der Waals surface area (Å²) in [6.07, 6.45) is -0.0127. The van der Waals surface area contributed by atoms with Gasteiger partial charge in [-0.15, -0.1) is 0 Å². The SMILES string of the molecule is CCOc1ccc(C2=C(Nc3cccc(F)c3)C(=O)N(CCOC(C)C)C2=O)cc1. The molecule has 0 fully saturated rings. The fraction of sp³-hybridized carbons (Fsp3) is 0.304. The van der Waals surface area contributed by atoms with Crippen molar-refractivity contribution < 1.29 is 23.5 Å². The molecule has 3 rings (SSSR count). The number of halogens is 1. The van der Waals surface area contributed by atoms with Crippen LogP contribution >= 0.6 is 0 Å². The second-order valence-electron chi connectivity index (χ2n) is 7.02. The number of hydrogen-bond acceptors (Lipinski definition) is 5. The molecule has 0 saturated heterocycles. The minimum atomic E-state index is -0.472. The van der Waals surface area contributed by atoms with Gasteiger partial charge >= 0.3 is 0 Å². The van der Waals surface area contributed by atoms with Gasteiger partial charge in [0.25, 0.3) is 11.8 Å². The van der Waals surface area contributed by atoms with Gasteiger partial charge in [0.1, 0.15) is 17.3 Å². The summed E-state index contributed by atoms with van der Waals surface area (Å²) in [5, 5.41) is 2.93. The fourth-order valence-electron chi connectivity index (χ4n) is 3.14. The summed E-state index contributed by atoms with van der Waals surface area (Å²) in [4.78, 5) is 27.3. The molecular weight excluding hydrogens is 387 g/mol. The number of nitrogens with zero attached hydrogens (tertiary/aromatic N) is 1. The van der Waals surface area contributed by atoms with Crippen molar-refractivity contribution in [3.05, 3.63) is 65.6 Å². The van der Waals surface area contributed by atoms with E-state index in [0.29, 0.717) is 23.6 Å². The van der Waals surface area contributed by atoms with Crippen molar-refractivity contribution in [2.75, 3.05) is 25.1 Å². The first kappa shape index (κ1) is 21.5. The molecule has 2 amide bonds. The maximum Gasteiger partial charge on any atom is 0.278 e. The van der Waals surface area contributed by atoms with Gasteiger partial charge in [-0.2, -0.15) is 0 Å². The first-order valence-electron chi connectivity index (χ1n) is 9.88. The number of rotatable bonds is 9. The molecule has 0 saturated carbocycles. The van der Waals surface area contributed by atoms with E-state index >= 15 is 0 Å². The molecule has 0 aliphatic carbocycles. The molecule has 158 valence electrons. The predicted octanol–water partition coefficient (Wildman–Crippen LogP) is 3.84. The molecule has 7 heteroatoms. The third-order valence-electron chi connectivity index (χ3n) is 4.48. The number of ether oxygens (including phenoxy) is 2. The van der Waals surface area contributed by atoms with E-state index in [1.54, 1.807) is 30.3 Å². The van der Waals surface area contributed by atoms with Crippen molar-refractivity contribution in [2.45, 2.75) is 26.9 Å². The first-order valence-corrected chi connectivity index (χ1v) is 9.88. The van der Waals surface area contributed by atoms with Gasteiger partial charge in [0.05, 0.1) is 31.4 Å². The third kappa shape index (κ3) is 4.86. The lowest BCUT2D eigenvalue weighted by Gasteiger charge is -2.16. The Morgan fingerprint density at radius 2 is 1.80 bits per heavy atom. The summed E-state index contributed by atoms with van der Waals surface area (Å²) in [5.74, 6) is -0.668. The fourth-order valence-corrected chi connectivity index (χ4v) is 3.14. The highest BCUT2D eigenvalue weighted by Gasteiger charge is 2.39. The largest absolute Gasteiger partial charge is 0.494 e. The quantitative estimate of drug-likeness (QED) is 0.634. The second-order valence-corrected chi connectivity index (χ2v) is 7.02. The van der Waals surface area contributed by atoms with E-state index in [1.807, 2.05) is 20.8 Å². The third-order valence-corrected chi connectivity index (χ3v) is 4.48. The Morgan fingerprint density at radius 1 is 1.07 bits per heavy atom. The maximum atomic E-state index is 13.6. The van der Waals surface area contributed by atoms with E-state index in [1.165, 1.54) is 18.2 Å². The van der Waals surface area contributed by atoms with Crippen LogP contribution in [0.1, 0.15) is 26.3 Å². The Hall–Kier alpha value is -3.19. The van der Waals surface area contributed by atoms with E-state index in [0.717, 1.165) is 4.90 Å². The van der Waals surface area contributed by atoms with Crippen molar-refractivity contribution in [2.24, 2.45) is 0 Å². The van der Waals surface area contributed by atoms with E-state index in [9.17, 15) is 14.0 Å². The number of carbonyl (C=O) groups is 2. The number of imide groups is 1. The molecule has 0 aromatic heterocycles. The van der Waals surface area contributed by atoms with Crippen LogP contribution in [0.4, 0.5) is 10.1 Å². The summed E-state index contributed by atoms with van der Waals surface area (Å²) in [7, 11) is 0. The Morgan fingerprint density at radius 3 is 2.43 bits per heavy atom. The molecule has 30 heavy (non-hydrogen) atoms. The molecule has 0 spiro atoms. The highest BCUT2D eigenvalue weighted by molar-refractivity contribution is 6.36. The average molecular weight is 412 g/mol. The van der Waals surface area contributed by atoms with E-state index in [-0.39, 0.29) is 30.5 Å². The normalized spacial score (nSPS) is 14.1. The molecular formula is C23H25FN2O4. The lowest BCUT2D eigenvalue weighted by atomic mass is 10.0. The standard InChI is InChI=1S/C23H25FN2O4/c1-4-29-19-10-8-16(9-11-19)20-21(25-18-7-5-6-17(24)14-18)23(28)26(22(20)27)12-13-30-15(2)3/h5-11,14-15,25H,4,12-13H2,1-3H3. The van der Waals surface area contributed by atoms with Crippen LogP contribution < -0.4 is 10.1 Å². The van der Waals surface area contributed by atoms with E-state index in [2.05, 4.69) is 5.32 Å². The van der Waals surface area contributed by atoms with Crippen molar-refractivity contribution >= 4 is 23.1 Å². The van der Waals surface area contributed by atoms with Crippen LogP contribution in [-0.2, 0) is 14.3 Å². The van der Waals surface area contributed by atoms with E-state index in [4.69, 9.17) is 9.47 Å². The number of benzene rings is 2. The lowest BCUT2D eigenvalue weighted by Crippen LogP contribution is -2.35. The van der Waals surface area contributed by atoms with Crippen LogP contribution in [-0.4, -0.2) is 42.6 Å².